The lowest BCUT2D eigenvalue weighted by atomic mass is 10.00. The number of aliphatic hydroxyl groups excluding tert-OH is 1. The van der Waals surface area contributed by atoms with Crippen LogP contribution in [0, 0.1) is 11.8 Å². The number of nitrogens with zero attached hydrogens (tertiary/aromatic N) is 1. The van der Waals surface area contributed by atoms with Gasteiger partial charge in [0.25, 0.3) is 0 Å². The van der Waals surface area contributed by atoms with Gasteiger partial charge in [-0.25, -0.2) is 9.78 Å². The zero-order valence-electron chi connectivity index (χ0n) is 45.2. The van der Waals surface area contributed by atoms with E-state index in [0.717, 1.165) is 6.92 Å². The number of benzene rings is 1. The Morgan fingerprint density at radius 3 is 1.67 bits per heavy atom. The fourth-order valence-corrected chi connectivity index (χ4v) is 8.22. The highest BCUT2D eigenvalue weighted by Gasteiger charge is 2.37. The lowest BCUT2D eigenvalue weighted by Crippen LogP contribution is -2.63. The third-order valence-electron chi connectivity index (χ3n) is 12.1. The van der Waals surface area contributed by atoms with Gasteiger partial charge < -0.3 is 85.1 Å². The number of carbonyl (C=O) groups excluding carboxylic acids is 9. The van der Waals surface area contributed by atoms with Crippen LogP contribution in [0.25, 0.3) is 0 Å². The number of aromatic hydroxyl groups is 1. The van der Waals surface area contributed by atoms with Crippen molar-refractivity contribution in [3.63, 3.8) is 0 Å². The average molecular weight is 1130 g/mol. The highest BCUT2D eigenvalue weighted by Crippen LogP contribution is 2.14. The molecule has 0 bridgehead atoms. The maximum Gasteiger partial charge on any atom is 0.326 e. The number of aliphatic hydroxyl groups is 1. The highest BCUT2D eigenvalue weighted by molar-refractivity contribution is 7.98. The van der Waals surface area contributed by atoms with Crippen LogP contribution in [0.4, 0.5) is 0 Å². The number of amides is 9. The molecule has 79 heavy (non-hydrogen) atoms. The normalized spacial score (nSPS) is 15.0. The maximum absolute atomic E-state index is 14.3. The van der Waals surface area contributed by atoms with Gasteiger partial charge in [0, 0.05) is 31.2 Å². The fraction of sp³-hybridized carbons (Fsp3) is 0.600. The number of unbranched alkanes of at least 4 members (excludes halogenated alkanes) is 1. The summed E-state index contributed by atoms with van der Waals surface area (Å²) in [7, 11) is 0. The first-order chi connectivity index (χ1) is 37.2. The molecule has 2 aromatic rings. The first-order valence-corrected chi connectivity index (χ1v) is 27.1. The number of carboxylic acids is 2. The van der Waals surface area contributed by atoms with Crippen molar-refractivity contribution in [3.8, 4) is 5.75 Å². The molecule has 0 radical (unpaired) electrons. The number of hydrogen-bond acceptors (Lipinski definition) is 17. The third kappa shape index (κ3) is 24.9. The first-order valence-electron chi connectivity index (χ1n) is 25.7. The molecule has 440 valence electrons. The minimum absolute atomic E-state index is 0.0585. The number of nitrogens with one attached hydrogen (secondary N) is 9. The van der Waals surface area contributed by atoms with Gasteiger partial charge in [-0.3, -0.25) is 47.9 Å². The Labute approximate surface area is 461 Å². The van der Waals surface area contributed by atoms with Crippen molar-refractivity contribution in [1.29, 1.82) is 0 Å². The molecule has 10 atom stereocenters. The summed E-state index contributed by atoms with van der Waals surface area (Å²) in [5.74, 6) is -12.4. The second-order valence-corrected chi connectivity index (χ2v) is 20.7. The van der Waals surface area contributed by atoms with E-state index in [1.54, 1.807) is 34.0 Å². The number of thioether (sulfide) groups is 1. The molecule has 0 saturated heterocycles. The van der Waals surface area contributed by atoms with Crippen LogP contribution >= 0.6 is 11.8 Å². The Hall–Kier alpha value is -7.37. The molecular formula is C50H79N13O15S. The van der Waals surface area contributed by atoms with E-state index in [1.807, 2.05) is 0 Å². The molecule has 19 N–H and O–H groups in total. The lowest BCUT2D eigenvalue weighted by Gasteiger charge is -2.30. The maximum atomic E-state index is 14.3. The topological polar surface area (TPSA) is 472 Å². The van der Waals surface area contributed by atoms with Gasteiger partial charge in [-0.05, 0) is 87.1 Å². The van der Waals surface area contributed by atoms with E-state index in [-0.39, 0.29) is 43.8 Å². The van der Waals surface area contributed by atoms with E-state index in [2.05, 4.69) is 52.5 Å². The average Bonchev–Trinajstić information content (AvgIpc) is 3.89. The number of nitrogens with two attached hydrogens (primary N) is 3. The molecule has 0 unspecified atom stereocenters. The Balaban J connectivity index is 2.48. The third-order valence-corrected chi connectivity index (χ3v) is 12.8. The van der Waals surface area contributed by atoms with Gasteiger partial charge in [-0.2, -0.15) is 11.8 Å². The van der Waals surface area contributed by atoms with E-state index in [4.69, 9.17) is 17.2 Å². The summed E-state index contributed by atoms with van der Waals surface area (Å²) in [4.78, 5) is 154. The van der Waals surface area contributed by atoms with E-state index in [9.17, 15) is 73.2 Å². The van der Waals surface area contributed by atoms with Crippen LogP contribution in [0.1, 0.15) is 97.2 Å². The Morgan fingerprint density at radius 1 is 0.633 bits per heavy atom. The minimum Gasteiger partial charge on any atom is -0.508 e. The molecule has 0 spiro atoms. The van der Waals surface area contributed by atoms with Crippen LogP contribution in [-0.2, 0) is 65.6 Å². The number of carbonyl (C=O) groups is 11. The molecule has 28 nitrogen and oxygen atoms in total. The van der Waals surface area contributed by atoms with Crippen molar-refractivity contribution >= 4 is 76.9 Å². The van der Waals surface area contributed by atoms with E-state index in [1.165, 1.54) is 48.6 Å². The summed E-state index contributed by atoms with van der Waals surface area (Å²) < 4.78 is 0. The number of primary amides is 1. The number of carboxylic acid groups (broad SMARTS) is 2. The second-order valence-electron chi connectivity index (χ2n) is 19.7. The number of aromatic amines is 1. The predicted octanol–water partition coefficient (Wildman–Crippen LogP) is -3.10. The molecular weight excluding hydrogens is 1050 g/mol. The molecule has 1 aromatic carbocycles. The van der Waals surface area contributed by atoms with Crippen LogP contribution in [0.5, 0.6) is 5.75 Å². The zero-order valence-corrected chi connectivity index (χ0v) is 46.1. The SMILES string of the molecule is CSCC[C@H](NC(=O)[C@@H](N)CCCCN)C(=O)N[C@@H](CC(N)=O)C(=O)N[C@@H](CCC(=O)O)C(=O)N[C@@H](Cc1ccc(O)cc1)C(=O)N[C@H](C(=O)N[C@H](C(=O)N[C@@H](Cc1cnc[nH]1)C(=O)N[C@@H](CC(C)C)C(=O)O)C(C)C)[C@@H](C)O. The van der Waals surface area contributed by atoms with Crippen LogP contribution in [0.2, 0.25) is 0 Å². The van der Waals surface area contributed by atoms with Crippen LogP contribution in [0.15, 0.2) is 36.8 Å². The fourth-order valence-electron chi connectivity index (χ4n) is 7.75. The molecule has 2 rings (SSSR count). The number of H-pyrrole nitrogens is 1. The van der Waals surface area contributed by atoms with Crippen LogP contribution in [0.3, 0.4) is 0 Å². The highest BCUT2D eigenvalue weighted by atomic mass is 32.2. The number of hydrogen-bond donors (Lipinski definition) is 16. The van der Waals surface area contributed by atoms with Crippen molar-refractivity contribution in [2.75, 3.05) is 18.6 Å². The zero-order chi connectivity index (χ0) is 59.5. The smallest absolute Gasteiger partial charge is 0.326 e. The molecule has 0 aliphatic heterocycles. The molecule has 0 aliphatic rings. The Kier molecular flexibility index (Phi) is 29.6. The minimum atomic E-state index is -1.85. The summed E-state index contributed by atoms with van der Waals surface area (Å²) in [6.45, 7) is 8.14. The molecule has 1 heterocycles. The van der Waals surface area contributed by atoms with Crippen molar-refractivity contribution in [2.45, 2.75) is 159 Å². The largest absolute Gasteiger partial charge is 0.508 e. The summed E-state index contributed by atoms with van der Waals surface area (Å²) in [5, 5.41) is 59.9. The Bertz CT molecular complexity index is 2360. The number of imidazole rings is 1. The van der Waals surface area contributed by atoms with Gasteiger partial charge in [-0.15, -0.1) is 0 Å². The number of aliphatic carboxylic acids is 2. The number of aromatic nitrogens is 2. The second kappa shape index (κ2) is 34.5. The van der Waals surface area contributed by atoms with Gasteiger partial charge in [0.15, 0.2) is 0 Å². The standard InChI is InChI=1S/C50H79N13O15S/c1-25(2)19-37(50(77)78)61-45(72)35(21-29-23-54-24-55-29)60-48(75)40(26(3)4)62-49(76)41(27(5)64)63-47(74)34(20-28-10-12-30(65)13-11-28)58-43(70)32(14-15-39(67)68)57-46(73)36(22-38(53)66)59-44(71)33(16-18-79-6)56-42(69)31(52)9-7-8-17-51/h10-13,23-27,31-37,40-41,64-65H,7-9,14-22,51-52H2,1-6H3,(H2,53,66)(H,54,55)(H,56,69)(H,57,73)(H,58,70)(H,59,71)(H,60,75)(H,61,72)(H,62,76)(H,63,74)(H,67,68)(H,77,78)/t27-,31+,32+,33+,34+,35+,36+,37+,40+,41+/m1/s1. The predicted molar refractivity (Wildman–Crippen MR) is 288 cm³/mol. The van der Waals surface area contributed by atoms with Crippen molar-refractivity contribution in [2.24, 2.45) is 29.0 Å². The van der Waals surface area contributed by atoms with E-state index >= 15 is 0 Å². The van der Waals surface area contributed by atoms with Gasteiger partial charge >= 0.3 is 11.9 Å². The molecule has 9 amide bonds. The van der Waals surface area contributed by atoms with Crippen molar-refractivity contribution in [1.82, 2.24) is 52.5 Å². The van der Waals surface area contributed by atoms with Gasteiger partial charge in [0.1, 0.15) is 54.1 Å². The molecule has 1 aromatic heterocycles. The van der Waals surface area contributed by atoms with Gasteiger partial charge in [0.05, 0.1) is 24.9 Å². The number of phenolic OH excluding ortho intramolecular Hbond substituents is 1. The summed E-state index contributed by atoms with van der Waals surface area (Å²) in [6.07, 6.45) is 1.56. The number of phenols is 1. The molecule has 29 heteroatoms. The summed E-state index contributed by atoms with van der Waals surface area (Å²) in [6, 6.07) is -8.21. The number of rotatable bonds is 37. The van der Waals surface area contributed by atoms with Crippen molar-refractivity contribution in [3.05, 3.63) is 48.0 Å². The molecule has 0 fully saturated rings. The molecule has 0 saturated carbocycles. The Morgan fingerprint density at radius 2 is 1.14 bits per heavy atom. The van der Waals surface area contributed by atoms with Gasteiger partial charge in [-0.1, -0.05) is 46.2 Å². The lowest BCUT2D eigenvalue weighted by molar-refractivity contribution is -0.143. The molecule has 0 aliphatic carbocycles. The van der Waals surface area contributed by atoms with Crippen LogP contribution in [-0.4, -0.2) is 175 Å². The first kappa shape index (κ1) is 67.7. The van der Waals surface area contributed by atoms with E-state index < -0.39 is 151 Å². The van der Waals surface area contributed by atoms with Crippen molar-refractivity contribution < 1.29 is 73.2 Å². The quantitative estimate of drug-likeness (QED) is 0.0298. The van der Waals surface area contributed by atoms with Gasteiger partial charge in [0.2, 0.25) is 53.2 Å². The summed E-state index contributed by atoms with van der Waals surface area (Å²) in [5.41, 5.74) is 17.7. The van der Waals surface area contributed by atoms with Crippen LogP contribution < -0.4 is 59.7 Å². The summed E-state index contributed by atoms with van der Waals surface area (Å²) >= 11 is 1.34. The van der Waals surface area contributed by atoms with E-state index in [0.29, 0.717) is 36.4 Å². The monoisotopic (exact) mass is 1130 g/mol.